The average molecular weight is 455 g/mol. The number of phenols is 2. The average Bonchev–Trinajstić information content (AvgIpc) is 2.86. The minimum Gasteiger partial charge on any atom is -0.508 e. The summed E-state index contributed by atoms with van der Waals surface area (Å²) in [5.74, 6) is 0.109. The van der Waals surface area contributed by atoms with Crippen LogP contribution in [0.1, 0.15) is 16.8 Å². The van der Waals surface area contributed by atoms with Crippen molar-refractivity contribution < 1.29 is 24.8 Å². The molecule has 170 valence electrons. The summed E-state index contributed by atoms with van der Waals surface area (Å²) in [4.78, 5) is 31.8. The number of hydrogen-bond donors (Lipinski definition) is 3. The molecule has 0 spiro atoms. The minimum absolute atomic E-state index is 0.128. The molecular formula is C26H21N3O5. The van der Waals surface area contributed by atoms with Gasteiger partial charge in [0.25, 0.3) is 5.72 Å². The van der Waals surface area contributed by atoms with Crippen LogP contribution in [0.3, 0.4) is 0 Å². The van der Waals surface area contributed by atoms with E-state index in [2.05, 4.69) is 15.2 Å². The summed E-state index contributed by atoms with van der Waals surface area (Å²) in [6.45, 7) is 0. The second-order valence-corrected chi connectivity index (χ2v) is 8.01. The van der Waals surface area contributed by atoms with Gasteiger partial charge in [0.15, 0.2) is 5.82 Å². The fraction of sp³-hybridized carbons (Fsp3) is 0.115. The van der Waals surface area contributed by atoms with Crippen molar-refractivity contribution in [2.24, 2.45) is 0 Å². The van der Waals surface area contributed by atoms with Crippen molar-refractivity contribution in [1.29, 1.82) is 0 Å². The highest BCUT2D eigenvalue weighted by atomic mass is 17.3. The van der Waals surface area contributed by atoms with Crippen molar-refractivity contribution in [3.8, 4) is 22.8 Å². The van der Waals surface area contributed by atoms with Gasteiger partial charge >= 0.3 is 5.97 Å². The first kappa shape index (κ1) is 21.4. The van der Waals surface area contributed by atoms with Crippen molar-refractivity contribution in [2.45, 2.75) is 18.6 Å². The van der Waals surface area contributed by atoms with E-state index in [1.807, 2.05) is 30.3 Å². The number of benzene rings is 3. The maximum Gasteiger partial charge on any atom is 0.399 e. The lowest BCUT2D eigenvalue weighted by molar-refractivity contribution is -0.393. The highest BCUT2D eigenvalue weighted by molar-refractivity contribution is 5.85. The van der Waals surface area contributed by atoms with Crippen LogP contribution in [0.4, 0.5) is 5.82 Å². The fourth-order valence-electron chi connectivity index (χ4n) is 3.70. The van der Waals surface area contributed by atoms with Gasteiger partial charge in [0.1, 0.15) is 11.5 Å². The van der Waals surface area contributed by atoms with Crippen LogP contribution in [-0.4, -0.2) is 31.9 Å². The van der Waals surface area contributed by atoms with Gasteiger partial charge in [0.2, 0.25) is 0 Å². The third kappa shape index (κ3) is 4.39. The number of anilines is 1. The number of nitrogens with one attached hydrogen (secondary N) is 1. The standard InChI is InChI=1S/C26H21N3O5/c30-20-10-6-18(7-11-20)15-26(25(32)33-34-26)29-24-22(14-17-4-2-1-3-5-17)28-23(16-27-24)19-8-12-21(31)13-9-19/h1-13,16,30-31H,14-15H2,(H,27,29). The summed E-state index contributed by atoms with van der Waals surface area (Å²) in [7, 11) is 0. The van der Waals surface area contributed by atoms with Gasteiger partial charge in [0, 0.05) is 18.4 Å². The Morgan fingerprint density at radius 2 is 1.53 bits per heavy atom. The molecule has 3 N–H and O–H groups in total. The van der Waals surface area contributed by atoms with Crippen LogP contribution in [0.25, 0.3) is 11.3 Å². The maximum absolute atomic E-state index is 12.5. The summed E-state index contributed by atoms with van der Waals surface area (Å²) < 4.78 is 0. The normalized spacial score (nSPS) is 17.0. The molecule has 5 rings (SSSR count). The third-order valence-corrected chi connectivity index (χ3v) is 5.52. The number of hydrogen-bond acceptors (Lipinski definition) is 8. The van der Waals surface area contributed by atoms with Gasteiger partial charge in [-0.3, -0.25) is 4.89 Å². The topological polar surface area (TPSA) is 114 Å². The Bertz CT molecular complexity index is 1310. The molecule has 1 fully saturated rings. The lowest BCUT2D eigenvalue weighted by Gasteiger charge is -2.37. The molecule has 0 saturated carbocycles. The number of aromatic hydroxyl groups is 2. The third-order valence-electron chi connectivity index (χ3n) is 5.52. The van der Waals surface area contributed by atoms with E-state index in [9.17, 15) is 15.0 Å². The number of carbonyl (C=O) groups excluding carboxylic acids is 1. The Balaban J connectivity index is 1.50. The zero-order valence-corrected chi connectivity index (χ0v) is 18.0. The van der Waals surface area contributed by atoms with Gasteiger partial charge < -0.3 is 15.5 Å². The van der Waals surface area contributed by atoms with Gasteiger partial charge in [-0.2, -0.15) is 0 Å². The van der Waals surface area contributed by atoms with Crippen LogP contribution in [0.2, 0.25) is 0 Å². The van der Waals surface area contributed by atoms with Crippen molar-refractivity contribution in [3.63, 3.8) is 0 Å². The van der Waals surface area contributed by atoms with Crippen LogP contribution < -0.4 is 5.32 Å². The molecule has 0 amide bonds. The van der Waals surface area contributed by atoms with Crippen LogP contribution in [0.5, 0.6) is 11.5 Å². The number of aromatic nitrogens is 2. The summed E-state index contributed by atoms with van der Waals surface area (Å²) in [6.07, 6.45) is 2.23. The summed E-state index contributed by atoms with van der Waals surface area (Å²) in [5.41, 5.74) is 2.36. The smallest absolute Gasteiger partial charge is 0.399 e. The summed E-state index contributed by atoms with van der Waals surface area (Å²) >= 11 is 0. The van der Waals surface area contributed by atoms with Crippen molar-refractivity contribution >= 4 is 11.8 Å². The van der Waals surface area contributed by atoms with Crippen LogP contribution in [0.15, 0.2) is 85.1 Å². The molecule has 1 aromatic heterocycles. The number of carbonyl (C=O) groups is 1. The quantitative estimate of drug-likeness (QED) is 0.359. The van der Waals surface area contributed by atoms with E-state index < -0.39 is 11.7 Å². The summed E-state index contributed by atoms with van der Waals surface area (Å²) in [6, 6.07) is 23.0. The SMILES string of the molecule is O=C1OOC1(Cc1ccc(O)cc1)Nc1ncc(-c2ccc(O)cc2)nc1Cc1ccccc1. The van der Waals surface area contributed by atoms with Crippen molar-refractivity contribution in [2.75, 3.05) is 5.32 Å². The first-order valence-corrected chi connectivity index (χ1v) is 10.7. The Labute approximate surface area is 195 Å². The van der Waals surface area contributed by atoms with E-state index in [0.717, 1.165) is 16.7 Å². The number of phenolic OH excluding ortho intramolecular Hbond substituents is 2. The monoisotopic (exact) mass is 455 g/mol. The van der Waals surface area contributed by atoms with E-state index in [1.54, 1.807) is 54.7 Å². The van der Waals surface area contributed by atoms with E-state index >= 15 is 0 Å². The minimum atomic E-state index is -1.46. The van der Waals surface area contributed by atoms with E-state index in [0.29, 0.717) is 23.6 Å². The lowest BCUT2D eigenvalue weighted by Crippen LogP contribution is -2.60. The summed E-state index contributed by atoms with van der Waals surface area (Å²) in [5, 5.41) is 22.3. The van der Waals surface area contributed by atoms with E-state index in [-0.39, 0.29) is 17.9 Å². The highest BCUT2D eigenvalue weighted by Crippen LogP contribution is 2.32. The zero-order chi connectivity index (χ0) is 23.5. The van der Waals surface area contributed by atoms with Gasteiger partial charge in [-0.1, -0.05) is 42.5 Å². The molecule has 0 radical (unpaired) electrons. The van der Waals surface area contributed by atoms with Crippen LogP contribution >= 0.6 is 0 Å². The van der Waals surface area contributed by atoms with Gasteiger partial charge in [0.05, 0.1) is 17.6 Å². The molecule has 1 unspecified atom stereocenters. The van der Waals surface area contributed by atoms with E-state index in [1.165, 1.54) is 0 Å². The Morgan fingerprint density at radius 3 is 2.15 bits per heavy atom. The van der Waals surface area contributed by atoms with E-state index in [4.69, 9.17) is 9.87 Å². The molecule has 1 aliphatic heterocycles. The molecule has 1 saturated heterocycles. The van der Waals surface area contributed by atoms with Crippen LogP contribution in [-0.2, 0) is 27.4 Å². The van der Waals surface area contributed by atoms with Crippen molar-refractivity contribution in [3.05, 3.63) is 102 Å². The molecular weight excluding hydrogens is 434 g/mol. The van der Waals surface area contributed by atoms with Gasteiger partial charge in [-0.05, 0) is 47.5 Å². The maximum atomic E-state index is 12.5. The molecule has 34 heavy (non-hydrogen) atoms. The van der Waals surface area contributed by atoms with Gasteiger partial charge in [-0.25, -0.2) is 14.8 Å². The molecule has 3 aromatic carbocycles. The Hall–Kier alpha value is -4.43. The second kappa shape index (κ2) is 8.84. The second-order valence-electron chi connectivity index (χ2n) is 8.01. The number of nitrogens with zero attached hydrogens (tertiary/aromatic N) is 2. The fourth-order valence-corrected chi connectivity index (χ4v) is 3.70. The molecule has 0 aliphatic carbocycles. The lowest BCUT2D eigenvalue weighted by atomic mass is 10.0. The van der Waals surface area contributed by atoms with Gasteiger partial charge in [-0.15, -0.1) is 4.89 Å². The Kier molecular flexibility index (Phi) is 5.57. The predicted molar refractivity (Wildman–Crippen MR) is 124 cm³/mol. The first-order valence-electron chi connectivity index (χ1n) is 10.7. The molecule has 2 heterocycles. The Morgan fingerprint density at radius 1 is 0.853 bits per heavy atom. The van der Waals surface area contributed by atoms with Crippen LogP contribution in [0, 0.1) is 0 Å². The highest BCUT2D eigenvalue weighted by Gasteiger charge is 2.54. The molecule has 8 heteroatoms. The predicted octanol–water partition coefficient (Wildman–Crippen LogP) is 3.98. The molecule has 0 bridgehead atoms. The van der Waals surface area contributed by atoms with Crippen molar-refractivity contribution in [1.82, 2.24) is 9.97 Å². The molecule has 1 atom stereocenters. The number of rotatable bonds is 7. The zero-order valence-electron chi connectivity index (χ0n) is 18.0. The largest absolute Gasteiger partial charge is 0.508 e. The molecule has 1 aliphatic rings. The first-order chi connectivity index (χ1) is 16.5. The molecule has 4 aromatic rings. The molecule has 8 nitrogen and oxygen atoms in total.